The second-order valence-corrected chi connectivity index (χ2v) is 6.29. The number of anilines is 2. The van der Waals surface area contributed by atoms with Crippen LogP contribution in [0.5, 0.6) is 11.5 Å². The molecule has 3 rings (SSSR count). The first-order valence-electron chi connectivity index (χ1n) is 8.88. The summed E-state index contributed by atoms with van der Waals surface area (Å²) >= 11 is 0. The van der Waals surface area contributed by atoms with Crippen LogP contribution in [0.3, 0.4) is 0 Å². The largest absolute Gasteiger partial charge is 0.497 e. The van der Waals surface area contributed by atoms with Gasteiger partial charge in [0.05, 0.1) is 31.8 Å². The topological polar surface area (TPSA) is 72.5 Å². The number of benzene rings is 2. The Kier molecular flexibility index (Phi) is 6.11. The van der Waals surface area contributed by atoms with E-state index in [0.717, 1.165) is 22.6 Å². The zero-order valence-electron chi connectivity index (χ0n) is 16.2. The van der Waals surface area contributed by atoms with E-state index in [1.807, 2.05) is 55.5 Å². The van der Waals surface area contributed by atoms with E-state index in [1.54, 1.807) is 26.5 Å². The van der Waals surface area contributed by atoms with Gasteiger partial charge in [0, 0.05) is 6.54 Å². The van der Waals surface area contributed by atoms with Crippen molar-refractivity contribution >= 4 is 17.3 Å². The number of nitrogens with one attached hydrogen (secondary N) is 2. The van der Waals surface area contributed by atoms with Gasteiger partial charge in [-0.3, -0.25) is 4.79 Å². The lowest BCUT2D eigenvalue weighted by molar-refractivity contribution is 0.102. The van der Waals surface area contributed by atoms with E-state index in [4.69, 9.17) is 9.47 Å². The summed E-state index contributed by atoms with van der Waals surface area (Å²) in [5.41, 5.74) is 3.94. The molecule has 0 saturated carbocycles. The van der Waals surface area contributed by atoms with Gasteiger partial charge in [0.15, 0.2) is 0 Å². The van der Waals surface area contributed by atoms with Gasteiger partial charge in [-0.05, 0) is 54.4 Å². The molecular weight excluding hydrogens is 354 g/mol. The lowest BCUT2D eigenvalue weighted by atomic mass is 10.2. The number of nitrogens with zero attached hydrogens (tertiary/aromatic N) is 1. The van der Waals surface area contributed by atoms with Gasteiger partial charge in [-0.1, -0.05) is 18.2 Å². The van der Waals surface area contributed by atoms with E-state index in [-0.39, 0.29) is 5.91 Å². The predicted octanol–water partition coefficient (Wildman–Crippen LogP) is 4.27. The van der Waals surface area contributed by atoms with Crippen LogP contribution in [0.2, 0.25) is 0 Å². The molecule has 0 saturated heterocycles. The molecule has 6 heteroatoms. The monoisotopic (exact) mass is 377 g/mol. The summed E-state index contributed by atoms with van der Waals surface area (Å²) in [7, 11) is 3.22. The van der Waals surface area contributed by atoms with Crippen LogP contribution in [0.4, 0.5) is 11.4 Å². The number of rotatable bonds is 7. The number of carbonyl (C=O) groups is 1. The van der Waals surface area contributed by atoms with E-state index in [1.165, 1.54) is 0 Å². The van der Waals surface area contributed by atoms with Gasteiger partial charge >= 0.3 is 0 Å². The molecule has 6 nitrogen and oxygen atoms in total. The molecule has 1 aromatic heterocycles. The summed E-state index contributed by atoms with van der Waals surface area (Å²) in [6, 6.07) is 17.0. The normalized spacial score (nSPS) is 10.2. The number of carbonyl (C=O) groups excluding carboxylic acids is 1. The molecule has 28 heavy (non-hydrogen) atoms. The van der Waals surface area contributed by atoms with Crippen molar-refractivity contribution in [2.45, 2.75) is 13.5 Å². The van der Waals surface area contributed by atoms with Crippen LogP contribution in [0.1, 0.15) is 21.6 Å². The first kappa shape index (κ1) is 19.2. The van der Waals surface area contributed by atoms with Crippen LogP contribution >= 0.6 is 0 Å². The summed E-state index contributed by atoms with van der Waals surface area (Å²) < 4.78 is 10.4. The zero-order chi connectivity index (χ0) is 19.9. The second-order valence-electron chi connectivity index (χ2n) is 6.29. The Morgan fingerprint density at radius 2 is 1.79 bits per heavy atom. The van der Waals surface area contributed by atoms with Crippen molar-refractivity contribution < 1.29 is 14.3 Å². The molecule has 0 radical (unpaired) electrons. The Balaban J connectivity index is 1.61. The number of hydrogen-bond acceptors (Lipinski definition) is 5. The Morgan fingerprint density at radius 3 is 2.43 bits per heavy atom. The molecule has 0 aliphatic heterocycles. The van der Waals surface area contributed by atoms with Crippen LogP contribution in [0.15, 0.2) is 60.8 Å². The maximum Gasteiger partial charge on any atom is 0.274 e. The van der Waals surface area contributed by atoms with Crippen molar-refractivity contribution in [2.24, 2.45) is 0 Å². The minimum Gasteiger partial charge on any atom is -0.497 e. The minimum atomic E-state index is -0.286. The molecule has 1 heterocycles. The third-order valence-electron chi connectivity index (χ3n) is 4.25. The highest BCUT2D eigenvalue weighted by atomic mass is 16.5. The zero-order valence-corrected chi connectivity index (χ0v) is 16.2. The van der Waals surface area contributed by atoms with Crippen LogP contribution in [0.25, 0.3) is 0 Å². The van der Waals surface area contributed by atoms with Crippen molar-refractivity contribution in [2.75, 3.05) is 24.9 Å². The van der Waals surface area contributed by atoms with Crippen LogP contribution < -0.4 is 20.1 Å². The SMILES string of the molecule is COc1ccc(CNc2ccc(C(=O)Nc3cc(C)ccc3OC)nc2)cc1. The summed E-state index contributed by atoms with van der Waals surface area (Å²) in [5, 5.41) is 6.13. The standard InChI is InChI=1S/C22H23N3O3/c1-15-4-11-21(28-3)20(12-15)25-22(26)19-10-7-17(14-24-19)23-13-16-5-8-18(27-2)9-6-16/h4-12,14,23H,13H2,1-3H3,(H,25,26). The van der Waals surface area contributed by atoms with Gasteiger partial charge in [-0.2, -0.15) is 0 Å². The van der Waals surface area contributed by atoms with Crippen LogP contribution in [0, 0.1) is 6.92 Å². The number of methoxy groups -OCH3 is 2. The van der Waals surface area contributed by atoms with Gasteiger partial charge in [-0.15, -0.1) is 0 Å². The maximum absolute atomic E-state index is 12.5. The van der Waals surface area contributed by atoms with Crippen molar-refractivity contribution in [1.29, 1.82) is 0 Å². The summed E-state index contributed by atoms with van der Waals surface area (Å²) in [4.78, 5) is 16.7. The summed E-state index contributed by atoms with van der Waals surface area (Å²) in [6.45, 7) is 2.61. The smallest absolute Gasteiger partial charge is 0.274 e. The number of ether oxygens (including phenoxy) is 2. The molecule has 0 aliphatic rings. The number of pyridine rings is 1. The van der Waals surface area contributed by atoms with E-state index in [9.17, 15) is 4.79 Å². The number of aryl methyl sites for hydroxylation is 1. The minimum absolute atomic E-state index is 0.286. The molecule has 1 amide bonds. The van der Waals surface area contributed by atoms with Crippen molar-refractivity contribution in [1.82, 2.24) is 4.98 Å². The highest BCUT2D eigenvalue weighted by Gasteiger charge is 2.11. The summed E-state index contributed by atoms with van der Waals surface area (Å²) in [6.07, 6.45) is 1.64. The first-order chi connectivity index (χ1) is 13.6. The highest BCUT2D eigenvalue weighted by Crippen LogP contribution is 2.25. The van der Waals surface area contributed by atoms with E-state index < -0.39 is 0 Å². The average molecular weight is 377 g/mol. The van der Waals surface area contributed by atoms with Crippen molar-refractivity contribution in [3.8, 4) is 11.5 Å². The third-order valence-corrected chi connectivity index (χ3v) is 4.25. The van der Waals surface area contributed by atoms with E-state index in [0.29, 0.717) is 23.7 Å². The van der Waals surface area contributed by atoms with Gasteiger partial charge < -0.3 is 20.1 Å². The number of amides is 1. The van der Waals surface area contributed by atoms with Gasteiger partial charge in [0.1, 0.15) is 17.2 Å². The molecule has 2 aromatic carbocycles. The van der Waals surface area contributed by atoms with Gasteiger partial charge in [0.2, 0.25) is 0 Å². The Bertz CT molecular complexity index is 938. The fourth-order valence-corrected chi connectivity index (χ4v) is 2.69. The Labute approximate surface area is 164 Å². The van der Waals surface area contributed by atoms with Gasteiger partial charge in [-0.25, -0.2) is 4.98 Å². The molecule has 0 atom stereocenters. The highest BCUT2D eigenvalue weighted by molar-refractivity contribution is 6.03. The molecule has 0 fully saturated rings. The van der Waals surface area contributed by atoms with E-state index >= 15 is 0 Å². The van der Waals surface area contributed by atoms with E-state index in [2.05, 4.69) is 15.6 Å². The Hall–Kier alpha value is -3.54. The number of hydrogen-bond donors (Lipinski definition) is 2. The third kappa shape index (κ3) is 4.79. The predicted molar refractivity (Wildman–Crippen MR) is 110 cm³/mol. The van der Waals surface area contributed by atoms with Crippen LogP contribution in [-0.2, 0) is 6.54 Å². The molecule has 0 spiro atoms. The summed E-state index contributed by atoms with van der Waals surface area (Å²) in [5.74, 6) is 1.15. The quantitative estimate of drug-likeness (QED) is 0.643. The average Bonchev–Trinajstić information content (AvgIpc) is 2.73. The molecule has 0 unspecified atom stereocenters. The molecule has 0 bridgehead atoms. The lowest BCUT2D eigenvalue weighted by Crippen LogP contribution is -2.14. The van der Waals surface area contributed by atoms with Crippen molar-refractivity contribution in [3.05, 3.63) is 77.6 Å². The first-order valence-corrected chi connectivity index (χ1v) is 8.88. The van der Waals surface area contributed by atoms with Gasteiger partial charge in [0.25, 0.3) is 5.91 Å². The number of aromatic nitrogens is 1. The fraction of sp³-hybridized carbons (Fsp3) is 0.182. The maximum atomic E-state index is 12.5. The second kappa shape index (κ2) is 8.90. The molecule has 144 valence electrons. The lowest BCUT2D eigenvalue weighted by Gasteiger charge is -2.11. The van der Waals surface area contributed by atoms with Crippen LogP contribution in [-0.4, -0.2) is 25.1 Å². The molecule has 2 N–H and O–H groups in total. The molecule has 3 aromatic rings. The van der Waals surface area contributed by atoms with Crippen molar-refractivity contribution in [3.63, 3.8) is 0 Å². The molecule has 0 aliphatic carbocycles. The molecular formula is C22H23N3O3. The fourth-order valence-electron chi connectivity index (χ4n) is 2.69. The Morgan fingerprint density at radius 1 is 1.00 bits per heavy atom.